The Hall–Kier alpha value is -2.21. The number of fused-ring (bicyclic) bond motifs is 1. The lowest BCUT2D eigenvalue weighted by molar-refractivity contribution is 0.0527. The largest absolute Gasteiger partial charge is 0.332 e. The normalized spacial score (nSPS) is 19.3. The van der Waals surface area contributed by atoms with Gasteiger partial charge >= 0.3 is 0 Å². The van der Waals surface area contributed by atoms with E-state index < -0.39 is 0 Å². The number of aromatic nitrogens is 2. The van der Waals surface area contributed by atoms with Crippen LogP contribution in [0.15, 0.2) is 29.1 Å². The van der Waals surface area contributed by atoms with Crippen LogP contribution in [-0.4, -0.2) is 58.2 Å². The molecule has 1 fully saturated rings. The fourth-order valence-corrected chi connectivity index (χ4v) is 3.18. The van der Waals surface area contributed by atoms with Gasteiger partial charge in [-0.05, 0) is 27.0 Å². The first-order valence-corrected chi connectivity index (χ1v) is 8.02. The number of carbonyl (C=O) groups is 1. The number of hydrogen-bond acceptors (Lipinski definition) is 4. The van der Waals surface area contributed by atoms with Crippen LogP contribution in [-0.2, 0) is 6.54 Å². The number of nitrogens with zero attached hydrogens (tertiary/aromatic N) is 4. The Morgan fingerprint density at radius 3 is 2.61 bits per heavy atom. The van der Waals surface area contributed by atoms with E-state index in [2.05, 4.69) is 17.0 Å². The number of benzene rings is 1. The highest BCUT2D eigenvalue weighted by Crippen LogP contribution is 2.18. The molecule has 1 aromatic heterocycles. The highest BCUT2D eigenvalue weighted by molar-refractivity contribution is 6.04. The second kappa shape index (κ2) is 6.12. The predicted octanol–water partition coefficient (Wildman–Crippen LogP) is 1.19. The molecule has 1 aliphatic heterocycles. The molecule has 1 atom stereocenters. The van der Waals surface area contributed by atoms with Crippen LogP contribution in [0.25, 0.3) is 10.8 Å². The van der Waals surface area contributed by atoms with Crippen molar-refractivity contribution < 1.29 is 4.79 Å². The van der Waals surface area contributed by atoms with Crippen LogP contribution in [0.2, 0.25) is 0 Å². The minimum atomic E-state index is -0.147. The highest BCUT2D eigenvalue weighted by atomic mass is 16.2. The van der Waals surface area contributed by atoms with Gasteiger partial charge in [-0.15, -0.1) is 0 Å². The lowest BCUT2D eigenvalue weighted by Gasteiger charge is -2.38. The molecule has 3 rings (SSSR count). The minimum absolute atomic E-state index is 0.0935. The first-order valence-electron chi connectivity index (χ1n) is 8.02. The quantitative estimate of drug-likeness (QED) is 0.835. The van der Waals surface area contributed by atoms with E-state index in [1.165, 1.54) is 4.68 Å². The Balaban J connectivity index is 2.10. The Labute approximate surface area is 135 Å². The molecule has 6 heteroatoms. The number of aryl methyl sites for hydroxylation is 1. The van der Waals surface area contributed by atoms with Gasteiger partial charge in [-0.2, -0.15) is 5.10 Å². The fraction of sp³-hybridized carbons (Fsp3) is 0.471. The second-order valence-corrected chi connectivity index (χ2v) is 6.12. The summed E-state index contributed by atoms with van der Waals surface area (Å²) in [4.78, 5) is 29.5. The van der Waals surface area contributed by atoms with Crippen LogP contribution >= 0.6 is 0 Å². The fourth-order valence-electron chi connectivity index (χ4n) is 3.18. The number of likely N-dealkylation sites (N-methyl/N-ethyl adjacent to an activating group) is 1. The van der Waals surface area contributed by atoms with Crippen LogP contribution in [0.5, 0.6) is 0 Å². The van der Waals surface area contributed by atoms with Gasteiger partial charge in [0.25, 0.3) is 11.5 Å². The zero-order valence-corrected chi connectivity index (χ0v) is 13.8. The van der Waals surface area contributed by atoms with Crippen LogP contribution in [0.1, 0.15) is 24.3 Å². The Morgan fingerprint density at radius 1 is 1.26 bits per heavy atom. The summed E-state index contributed by atoms with van der Waals surface area (Å²) >= 11 is 0. The molecule has 0 bridgehead atoms. The molecular formula is C17H22N4O2. The molecule has 23 heavy (non-hydrogen) atoms. The van der Waals surface area contributed by atoms with E-state index in [4.69, 9.17) is 0 Å². The average Bonchev–Trinajstić information content (AvgIpc) is 2.55. The molecule has 1 aromatic carbocycles. The van der Waals surface area contributed by atoms with E-state index in [9.17, 15) is 9.59 Å². The summed E-state index contributed by atoms with van der Waals surface area (Å²) in [5, 5.41) is 5.53. The first-order chi connectivity index (χ1) is 11.0. The zero-order valence-electron chi connectivity index (χ0n) is 13.8. The van der Waals surface area contributed by atoms with Crippen molar-refractivity contribution in [2.45, 2.75) is 26.4 Å². The van der Waals surface area contributed by atoms with Gasteiger partial charge in [0.05, 0.1) is 5.39 Å². The number of hydrogen-bond donors (Lipinski definition) is 0. The van der Waals surface area contributed by atoms with Crippen molar-refractivity contribution in [3.05, 3.63) is 40.3 Å². The van der Waals surface area contributed by atoms with Crippen molar-refractivity contribution in [2.24, 2.45) is 0 Å². The number of carbonyl (C=O) groups excluding carboxylic acids is 1. The minimum Gasteiger partial charge on any atom is -0.332 e. The summed E-state index contributed by atoms with van der Waals surface area (Å²) in [5.74, 6) is -0.0935. The van der Waals surface area contributed by atoms with Gasteiger partial charge in [-0.3, -0.25) is 9.59 Å². The molecular weight excluding hydrogens is 292 g/mol. The van der Waals surface area contributed by atoms with E-state index in [1.54, 1.807) is 12.1 Å². The van der Waals surface area contributed by atoms with Crippen LogP contribution in [0.3, 0.4) is 0 Å². The van der Waals surface area contributed by atoms with Gasteiger partial charge in [0.15, 0.2) is 5.69 Å². The molecule has 1 saturated heterocycles. The third kappa shape index (κ3) is 2.74. The maximum atomic E-state index is 13.0. The van der Waals surface area contributed by atoms with Crippen LogP contribution < -0.4 is 5.56 Å². The SMILES string of the molecule is CCn1nc(C(=O)N2CCN(C)C[C@H]2C)c2ccccc2c1=O. The van der Waals surface area contributed by atoms with Crippen molar-refractivity contribution in [1.82, 2.24) is 19.6 Å². The number of rotatable bonds is 2. The van der Waals surface area contributed by atoms with Crippen molar-refractivity contribution in [2.75, 3.05) is 26.7 Å². The van der Waals surface area contributed by atoms with Crippen molar-refractivity contribution in [3.8, 4) is 0 Å². The molecule has 1 aliphatic rings. The van der Waals surface area contributed by atoms with E-state index in [0.717, 1.165) is 13.1 Å². The van der Waals surface area contributed by atoms with E-state index >= 15 is 0 Å². The van der Waals surface area contributed by atoms with Gasteiger partial charge in [0.2, 0.25) is 0 Å². The number of amides is 1. The van der Waals surface area contributed by atoms with Gasteiger partial charge in [-0.25, -0.2) is 4.68 Å². The summed E-state index contributed by atoms with van der Waals surface area (Å²) in [7, 11) is 2.06. The van der Waals surface area contributed by atoms with Crippen molar-refractivity contribution >= 4 is 16.7 Å². The summed E-state index contributed by atoms with van der Waals surface area (Å²) in [6.07, 6.45) is 0. The maximum Gasteiger partial charge on any atom is 0.275 e. The molecule has 2 aromatic rings. The average molecular weight is 314 g/mol. The van der Waals surface area contributed by atoms with Crippen molar-refractivity contribution in [1.29, 1.82) is 0 Å². The molecule has 0 radical (unpaired) electrons. The maximum absolute atomic E-state index is 13.0. The molecule has 122 valence electrons. The van der Waals surface area contributed by atoms with Crippen molar-refractivity contribution in [3.63, 3.8) is 0 Å². The standard InChI is InChI=1S/C17H22N4O2/c1-4-21-16(22)14-8-6-5-7-13(14)15(18-21)17(23)20-10-9-19(3)11-12(20)2/h5-8,12H,4,9-11H2,1-3H3/t12-/m1/s1. The zero-order chi connectivity index (χ0) is 16.6. The summed E-state index contributed by atoms with van der Waals surface area (Å²) < 4.78 is 1.37. The molecule has 0 spiro atoms. The highest BCUT2D eigenvalue weighted by Gasteiger charge is 2.29. The molecule has 0 aliphatic carbocycles. The summed E-state index contributed by atoms with van der Waals surface area (Å²) in [6.45, 7) is 6.72. The molecule has 0 saturated carbocycles. The molecule has 0 unspecified atom stereocenters. The topological polar surface area (TPSA) is 58.4 Å². The first kappa shape index (κ1) is 15.7. The third-order valence-electron chi connectivity index (χ3n) is 4.46. The molecule has 2 heterocycles. The van der Waals surface area contributed by atoms with Crippen LogP contribution in [0.4, 0.5) is 0 Å². The van der Waals surface area contributed by atoms with E-state index in [0.29, 0.717) is 29.6 Å². The van der Waals surface area contributed by atoms with Gasteiger partial charge in [0, 0.05) is 37.6 Å². The molecule has 1 amide bonds. The third-order valence-corrected chi connectivity index (χ3v) is 4.46. The predicted molar refractivity (Wildman–Crippen MR) is 89.7 cm³/mol. The molecule has 6 nitrogen and oxygen atoms in total. The van der Waals surface area contributed by atoms with E-state index in [-0.39, 0.29) is 17.5 Å². The number of piperazine rings is 1. The van der Waals surface area contributed by atoms with Crippen LogP contribution in [0, 0.1) is 0 Å². The Bertz CT molecular complexity index is 799. The summed E-state index contributed by atoms with van der Waals surface area (Å²) in [6, 6.07) is 7.34. The Kier molecular flexibility index (Phi) is 4.17. The monoisotopic (exact) mass is 314 g/mol. The van der Waals surface area contributed by atoms with Gasteiger partial charge in [0.1, 0.15) is 0 Å². The Morgan fingerprint density at radius 2 is 1.96 bits per heavy atom. The second-order valence-electron chi connectivity index (χ2n) is 6.12. The van der Waals surface area contributed by atoms with Gasteiger partial charge in [-0.1, -0.05) is 18.2 Å². The summed E-state index contributed by atoms with van der Waals surface area (Å²) in [5.41, 5.74) is 0.226. The smallest absolute Gasteiger partial charge is 0.275 e. The van der Waals surface area contributed by atoms with Gasteiger partial charge < -0.3 is 9.80 Å². The molecule has 0 N–H and O–H groups in total. The lowest BCUT2D eigenvalue weighted by Crippen LogP contribution is -2.53. The lowest BCUT2D eigenvalue weighted by atomic mass is 10.1. The van der Waals surface area contributed by atoms with E-state index in [1.807, 2.05) is 30.9 Å².